The Hall–Kier alpha value is -1.71. The smallest absolute Gasteiger partial charge is 0.322 e. The van der Waals surface area contributed by atoms with Crippen LogP contribution in [0.3, 0.4) is 0 Å². The average Bonchev–Trinajstić information content (AvgIpc) is 2.35. The van der Waals surface area contributed by atoms with E-state index in [1.807, 2.05) is 19.1 Å². The molecular weight excluding hydrogens is 216 g/mol. The first-order chi connectivity index (χ1) is 8.24. The normalized spacial score (nSPS) is 14.3. The number of carbonyl (C=O) groups excluding carboxylic acids is 1. The third-order valence-electron chi connectivity index (χ3n) is 2.97. The van der Waals surface area contributed by atoms with Crippen LogP contribution in [0, 0.1) is 0 Å². The van der Waals surface area contributed by atoms with Crippen LogP contribution in [0.25, 0.3) is 0 Å². The lowest BCUT2D eigenvalue weighted by Gasteiger charge is -2.30. The number of hydrogen-bond donors (Lipinski definition) is 2. The molecule has 2 rings (SSSR count). The maximum Gasteiger partial charge on any atom is 0.322 e. The first-order valence-electron chi connectivity index (χ1n) is 6.10. The summed E-state index contributed by atoms with van der Waals surface area (Å²) in [5, 5.41) is 12.7. The fourth-order valence-electron chi connectivity index (χ4n) is 2.16. The average molecular weight is 234 g/mol. The molecule has 1 aliphatic heterocycles. The van der Waals surface area contributed by atoms with Gasteiger partial charge >= 0.3 is 6.03 Å². The van der Waals surface area contributed by atoms with Crippen molar-refractivity contribution in [1.29, 1.82) is 0 Å². The summed E-state index contributed by atoms with van der Waals surface area (Å²) < 4.78 is 0. The van der Waals surface area contributed by atoms with Gasteiger partial charge in [-0.3, -0.25) is 4.90 Å². The van der Waals surface area contributed by atoms with E-state index in [0.29, 0.717) is 18.8 Å². The van der Waals surface area contributed by atoms with Gasteiger partial charge in [0, 0.05) is 13.1 Å². The van der Waals surface area contributed by atoms with Crippen molar-refractivity contribution in [2.45, 2.75) is 26.2 Å². The van der Waals surface area contributed by atoms with E-state index >= 15 is 0 Å². The van der Waals surface area contributed by atoms with Gasteiger partial charge in [0.2, 0.25) is 0 Å². The SMILES string of the molecule is CCCNC(=O)N1CCCc2cccc(O)c21. The Labute approximate surface area is 101 Å². The Morgan fingerprint density at radius 3 is 3.12 bits per heavy atom. The van der Waals surface area contributed by atoms with E-state index < -0.39 is 0 Å². The van der Waals surface area contributed by atoms with Gasteiger partial charge in [-0.05, 0) is 30.9 Å². The third-order valence-corrected chi connectivity index (χ3v) is 2.97. The molecule has 1 aromatic rings. The highest BCUT2D eigenvalue weighted by Crippen LogP contribution is 2.35. The molecule has 0 atom stereocenters. The molecule has 4 heteroatoms. The van der Waals surface area contributed by atoms with Gasteiger partial charge in [-0.2, -0.15) is 0 Å². The third kappa shape index (κ3) is 2.35. The highest BCUT2D eigenvalue weighted by molar-refractivity contribution is 5.95. The lowest BCUT2D eigenvalue weighted by molar-refractivity contribution is 0.245. The van der Waals surface area contributed by atoms with E-state index in [1.54, 1.807) is 11.0 Å². The summed E-state index contributed by atoms with van der Waals surface area (Å²) in [5.74, 6) is 0.189. The first-order valence-corrected chi connectivity index (χ1v) is 6.10. The van der Waals surface area contributed by atoms with Crippen LogP contribution in [0.4, 0.5) is 10.5 Å². The number of benzene rings is 1. The number of aromatic hydroxyl groups is 1. The van der Waals surface area contributed by atoms with Crippen LogP contribution in [0.2, 0.25) is 0 Å². The quantitative estimate of drug-likeness (QED) is 0.824. The summed E-state index contributed by atoms with van der Waals surface area (Å²) in [6.45, 7) is 3.35. The number of nitrogens with one attached hydrogen (secondary N) is 1. The fourth-order valence-corrected chi connectivity index (χ4v) is 2.16. The van der Waals surface area contributed by atoms with E-state index in [9.17, 15) is 9.90 Å². The van der Waals surface area contributed by atoms with Crippen molar-refractivity contribution >= 4 is 11.7 Å². The van der Waals surface area contributed by atoms with Crippen LogP contribution in [0.15, 0.2) is 18.2 Å². The number of carbonyl (C=O) groups is 1. The number of amides is 2. The molecule has 2 N–H and O–H groups in total. The summed E-state index contributed by atoms with van der Waals surface area (Å²) in [4.78, 5) is 13.6. The molecule has 1 aliphatic rings. The van der Waals surface area contributed by atoms with Crippen LogP contribution < -0.4 is 10.2 Å². The summed E-state index contributed by atoms with van der Waals surface area (Å²) in [7, 11) is 0. The number of fused-ring (bicyclic) bond motifs is 1. The Bertz CT molecular complexity index is 418. The minimum absolute atomic E-state index is 0.116. The van der Waals surface area contributed by atoms with Gasteiger partial charge in [0.05, 0.1) is 5.69 Å². The Kier molecular flexibility index (Phi) is 3.52. The zero-order valence-corrected chi connectivity index (χ0v) is 10.1. The van der Waals surface area contributed by atoms with Crippen LogP contribution in [0.5, 0.6) is 5.75 Å². The second kappa shape index (κ2) is 5.08. The van der Waals surface area contributed by atoms with Crippen molar-refractivity contribution in [3.63, 3.8) is 0 Å². The second-order valence-corrected chi connectivity index (χ2v) is 4.27. The molecule has 2 amide bonds. The highest BCUT2D eigenvalue weighted by Gasteiger charge is 2.24. The first kappa shape index (κ1) is 11.8. The van der Waals surface area contributed by atoms with Gasteiger partial charge < -0.3 is 10.4 Å². The van der Waals surface area contributed by atoms with Gasteiger partial charge in [-0.25, -0.2) is 4.79 Å². The molecule has 0 unspecified atom stereocenters. The molecule has 1 heterocycles. The van der Waals surface area contributed by atoms with Crippen molar-refractivity contribution in [2.24, 2.45) is 0 Å². The number of phenolic OH excluding ortho intramolecular Hbond substituents is 1. The van der Waals surface area contributed by atoms with Gasteiger partial charge in [0.15, 0.2) is 0 Å². The van der Waals surface area contributed by atoms with Crippen molar-refractivity contribution in [3.8, 4) is 5.75 Å². The molecule has 0 fully saturated rings. The monoisotopic (exact) mass is 234 g/mol. The van der Waals surface area contributed by atoms with Crippen molar-refractivity contribution in [2.75, 3.05) is 18.0 Å². The van der Waals surface area contributed by atoms with Crippen LogP contribution in [0.1, 0.15) is 25.3 Å². The predicted octanol–water partition coefficient (Wildman–Crippen LogP) is 2.26. The predicted molar refractivity (Wildman–Crippen MR) is 67.5 cm³/mol. The number of anilines is 1. The number of urea groups is 1. The van der Waals surface area contributed by atoms with Gasteiger partial charge in [0.25, 0.3) is 0 Å². The number of para-hydroxylation sites is 1. The summed E-state index contributed by atoms with van der Waals surface area (Å²) in [6, 6.07) is 5.30. The molecule has 0 aliphatic carbocycles. The van der Waals surface area contributed by atoms with E-state index in [0.717, 1.165) is 24.8 Å². The zero-order valence-electron chi connectivity index (χ0n) is 10.1. The molecule has 0 radical (unpaired) electrons. The highest BCUT2D eigenvalue weighted by atomic mass is 16.3. The molecule has 0 bridgehead atoms. The van der Waals surface area contributed by atoms with Gasteiger partial charge in [-0.15, -0.1) is 0 Å². The van der Waals surface area contributed by atoms with Crippen molar-refractivity contribution in [3.05, 3.63) is 23.8 Å². The Balaban J connectivity index is 2.25. The van der Waals surface area contributed by atoms with Gasteiger partial charge in [0.1, 0.15) is 5.75 Å². The number of hydrogen-bond acceptors (Lipinski definition) is 2. The van der Waals surface area contributed by atoms with Crippen LogP contribution in [-0.4, -0.2) is 24.2 Å². The number of phenols is 1. The molecule has 0 aromatic heterocycles. The maximum atomic E-state index is 12.0. The summed E-state index contributed by atoms with van der Waals surface area (Å²) in [5.41, 5.74) is 1.72. The minimum atomic E-state index is -0.116. The largest absolute Gasteiger partial charge is 0.506 e. The standard InChI is InChI=1S/C13H18N2O2/c1-2-8-14-13(17)15-9-4-6-10-5-3-7-11(16)12(10)15/h3,5,7,16H,2,4,6,8-9H2,1H3,(H,14,17). The minimum Gasteiger partial charge on any atom is -0.506 e. The van der Waals surface area contributed by atoms with E-state index in [2.05, 4.69) is 5.32 Å². The summed E-state index contributed by atoms with van der Waals surface area (Å²) in [6.07, 6.45) is 2.77. The van der Waals surface area contributed by atoms with Crippen molar-refractivity contribution in [1.82, 2.24) is 5.32 Å². The number of nitrogens with zero attached hydrogens (tertiary/aromatic N) is 1. The number of aryl methyl sites for hydroxylation is 1. The molecule has 0 spiro atoms. The molecular formula is C13H18N2O2. The topological polar surface area (TPSA) is 52.6 Å². The molecule has 0 saturated carbocycles. The fraction of sp³-hybridized carbons (Fsp3) is 0.462. The maximum absolute atomic E-state index is 12.0. The molecule has 4 nitrogen and oxygen atoms in total. The zero-order chi connectivity index (χ0) is 12.3. The van der Waals surface area contributed by atoms with Crippen LogP contribution in [-0.2, 0) is 6.42 Å². The van der Waals surface area contributed by atoms with E-state index in [4.69, 9.17) is 0 Å². The molecule has 92 valence electrons. The molecule has 17 heavy (non-hydrogen) atoms. The number of rotatable bonds is 2. The molecule has 0 saturated heterocycles. The van der Waals surface area contributed by atoms with Crippen LogP contribution >= 0.6 is 0 Å². The summed E-state index contributed by atoms with van der Waals surface area (Å²) >= 11 is 0. The Morgan fingerprint density at radius 2 is 2.35 bits per heavy atom. The van der Waals surface area contributed by atoms with E-state index in [-0.39, 0.29) is 11.8 Å². The van der Waals surface area contributed by atoms with E-state index in [1.165, 1.54) is 0 Å². The lowest BCUT2D eigenvalue weighted by atomic mass is 10.0. The van der Waals surface area contributed by atoms with Crippen molar-refractivity contribution < 1.29 is 9.90 Å². The Morgan fingerprint density at radius 1 is 1.53 bits per heavy atom. The lowest BCUT2D eigenvalue weighted by Crippen LogP contribution is -2.43. The van der Waals surface area contributed by atoms with Gasteiger partial charge in [-0.1, -0.05) is 19.1 Å². The second-order valence-electron chi connectivity index (χ2n) is 4.27. The molecule has 1 aromatic carbocycles.